The van der Waals surface area contributed by atoms with Crippen LogP contribution in [0.5, 0.6) is 5.75 Å². The number of carbonyl (C=O) groups excluding carboxylic acids is 4. The number of Topliss-reactive ketones (excluding diaryl/α,β-unsaturated/α-hetero) is 1. The maximum atomic E-state index is 13.8. The molecule has 1 fully saturated rings. The van der Waals surface area contributed by atoms with E-state index in [1.807, 2.05) is 6.08 Å². The molecular weight excluding hydrogens is 513 g/mol. The first-order valence-electron chi connectivity index (χ1n) is 12.0. The van der Waals surface area contributed by atoms with Crippen LogP contribution in [0.4, 0.5) is 5.69 Å². The minimum atomic E-state index is -0.748. The number of halogens is 2. The van der Waals surface area contributed by atoms with Gasteiger partial charge in [-0.1, -0.05) is 34.9 Å². The molecule has 186 valence electrons. The van der Waals surface area contributed by atoms with Gasteiger partial charge in [0.1, 0.15) is 5.75 Å². The number of aromatic hydroxyl groups is 1. The van der Waals surface area contributed by atoms with E-state index in [0.717, 1.165) is 5.57 Å². The van der Waals surface area contributed by atoms with Crippen molar-refractivity contribution in [1.82, 2.24) is 0 Å². The Bertz CT molecular complexity index is 1520. The molecule has 4 atom stereocenters. The molecule has 2 aromatic rings. The van der Waals surface area contributed by atoms with Gasteiger partial charge < -0.3 is 5.11 Å². The standard InChI is InChI=1S/C29H21Cl2NO5/c1-13-10-23(34)26-21(27(13)35)12-19-17(24(26)20-11-15(31)4-9-22(20)33)7-8-18-25(19)29(37)32(28(18)36)16-5-2-14(30)3-6-16/h2-7,9-11,18-19,24-25,33H,8,12H2,1H3/t18-,19+,24+,25-/m0/s1. The average Bonchev–Trinajstić information content (AvgIpc) is 3.13. The first kappa shape index (κ1) is 23.9. The lowest BCUT2D eigenvalue weighted by atomic mass is 9.59. The molecule has 0 radical (unpaired) electrons. The Morgan fingerprint density at radius 2 is 1.62 bits per heavy atom. The number of amides is 2. The molecule has 6 nitrogen and oxygen atoms in total. The lowest BCUT2D eigenvalue weighted by Crippen LogP contribution is -2.39. The van der Waals surface area contributed by atoms with Gasteiger partial charge in [-0.15, -0.1) is 0 Å². The van der Waals surface area contributed by atoms with E-state index in [4.69, 9.17) is 23.2 Å². The lowest BCUT2D eigenvalue weighted by molar-refractivity contribution is -0.123. The second-order valence-electron chi connectivity index (χ2n) is 9.92. The summed E-state index contributed by atoms with van der Waals surface area (Å²) in [7, 11) is 0. The summed E-state index contributed by atoms with van der Waals surface area (Å²) in [6, 6.07) is 11.1. The molecule has 0 saturated carbocycles. The molecule has 1 aliphatic heterocycles. The minimum absolute atomic E-state index is 0.0620. The summed E-state index contributed by atoms with van der Waals surface area (Å²) in [5.74, 6) is -3.77. The molecule has 0 spiro atoms. The summed E-state index contributed by atoms with van der Waals surface area (Å²) in [5, 5.41) is 11.7. The number of rotatable bonds is 2. The molecule has 1 N–H and O–H groups in total. The van der Waals surface area contributed by atoms with Gasteiger partial charge in [-0.25, -0.2) is 0 Å². The molecule has 37 heavy (non-hydrogen) atoms. The predicted octanol–water partition coefficient (Wildman–Crippen LogP) is 5.33. The second-order valence-corrected chi connectivity index (χ2v) is 10.8. The van der Waals surface area contributed by atoms with Crippen LogP contribution in [0.15, 0.2) is 76.9 Å². The average molecular weight is 534 g/mol. The highest BCUT2D eigenvalue weighted by Gasteiger charge is 2.56. The number of allylic oxidation sites excluding steroid dienone is 6. The summed E-state index contributed by atoms with van der Waals surface area (Å²) in [6.45, 7) is 1.59. The first-order valence-corrected chi connectivity index (χ1v) is 12.7. The highest BCUT2D eigenvalue weighted by molar-refractivity contribution is 6.31. The van der Waals surface area contributed by atoms with Crippen LogP contribution in [0.25, 0.3) is 0 Å². The number of ketones is 2. The van der Waals surface area contributed by atoms with Crippen molar-refractivity contribution >= 4 is 52.3 Å². The third-order valence-electron chi connectivity index (χ3n) is 7.95. The Morgan fingerprint density at radius 1 is 0.919 bits per heavy atom. The number of hydrogen-bond donors (Lipinski definition) is 1. The molecule has 1 saturated heterocycles. The van der Waals surface area contributed by atoms with E-state index < -0.39 is 23.7 Å². The van der Waals surface area contributed by atoms with Crippen LogP contribution in [0.3, 0.4) is 0 Å². The van der Waals surface area contributed by atoms with Crippen LogP contribution in [-0.2, 0) is 19.2 Å². The van der Waals surface area contributed by atoms with Gasteiger partial charge in [0.25, 0.3) is 0 Å². The van der Waals surface area contributed by atoms with Crippen LogP contribution in [0, 0.1) is 17.8 Å². The fourth-order valence-electron chi connectivity index (χ4n) is 6.34. The number of nitrogens with zero attached hydrogens (tertiary/aromatic N) is 1. The molecule has 0 unspecified atom stereocenters. The maximum absolute atomic E-state index is 13.8. The first-order chi connectivity index (χ1) is 17.7. The van der Waals surface area contributed by atoms with E-state index in [9.17, 15) is 24.3 Å². The number of benzene rings is 2. The number of anilines is 1. The summed E-state index contributed by atoms with van der Waals surface area (Å²) in [4.78, 5) is 55.1. The van der Waals surface area contributed by atoms with E-state index in [-0.39, 0.29) is 35.6 Å². The van der Waals surface area contributed by atoms with Crippen LogP contribution in [0.2, 0.25) is 10.0 Å². The fourth-order valence-corrected chi connectivity index (χ4v) is 6.65. The van der Waals surface area contributed by atoms with Crippen molar-refractivity contribution in [2.45, 2.75) is 25.7 Å². The number of hydrogen-bond acceptors (Lipinski definition) is 5. The van der Waals surface area contributed by atoms with Gasteiger partial charge in [-0.2, -0.15) is 0 Å². The zero-order valence-electron chi connectivity index (χ0n) is 19.7. The molecule has 8 heteroatoms. The molecule has 4 aliphatic rings. The third kappa shape index (κ3) is 3.54. The van der Waals surface area contributed by atoms with Gasteiger partial charge in [0.2, 0.25) is 11.8 Å². The van der Waals surface area contributed by atoms with Crippen molar-refractivity contribution in [3.63, 3.8) is 0 Å². The molecule has 2 aromatic carbocycles. The number of phenols is 1. The van der Waals surface area contributed by atoms with Gasteiger partial charge in [-0.05, 0) is 74.2 Å². The van der Waals surface area contributed by atoms with E-state index in [2.05, 4.69) is 0 Å². The number of phenolic OH excluding ortho intramolecular Hbond substituents is 1. The van der Waals surface area contributed by atoms with E-state index in [1.54, 1.807) is 43.3 Å². The summed E-state index contributed by atoms with van der Waals surface area (Å²) >= 11 is 12.3. The van der Waals surface area contributed by atoms with Gasteiger partial charge in [0.05, 0.1) is 17.5 Å². The lowest BCUT2D eigenvalue weighted by Gasteiger charge is -2.42. The topological polar surface area (TPSA) is 91.8 Å². The highest BCUT2D eigenvalue weighted by atomic mass is 35.5. The second kappa shape index (κ2) is 8.54. The minimum Gasteiger partial charge on any atom is -0.508 e. The zero-order valence-corrected chi connectivity index (χ0v) is 21.2. The van der Waals surface area contributed by atoms with Gasteiger partial charge >= 0.3 is 0 Å². The largest absolute Gasteiger partial charge is 0.508 e. The molecule has 2 amide bonds. The van der Waals surface area contributed by atoms with Gasteiger partial charge in [0.15, 0.2) is 11.6 Å². The predicted molar refractivity (Wildman–Crippen MR) is 138 cm³/mol. The van der Waals surface area contributed by atoms with Crippen molar-refractivity contribution in [3.05, 3.63) is 92.5 Å². The molecule has 0 aromatic heterocycles. The number of imide groups is 1. The van der Waals surface area contributed by atoms with Crippen molar-refractivity contribution in [2.24, 2.45) is 17.8 Å². The van der Waals surface area contributed by atoms with Crippen LogP contribution in [0.1, 0.15) is 31.2 Å². The Balaban J connectivity index is 1.50. The molecule has 6 rings (SSSR count). The van der Waals surface area contributed by atoms with E-state index >= 15 is 0 Å². The fraction of sp³-hybridized carbons (Fsp3) is 0.241. The molecule has 3 aliphatic carbocycles. The monoisotopic (exact) mass is 533 g/mol. The third-order valence-corrected chi connectivity index (χ3v) is 8.43. The SMILES string of the molecule is CC1=CC(=O)C2=C(C[C@@H]3C(=CC[C@@H]4C(=O)N(c5ccc(Cl)cc5)C(=O)[C@@H]43)[C@@H]2c2cc(Cl)ccc2O)C1=O. The van der Waals surface area contributed by atoms with E-state index in [1.165, 1.54) is 17.0 Å². The van der Waals surface area contributed by atoms with Gasteiger partial charge in [-0.3, -0.25) is 24.1 Å². The Labute approximate surface area is 222 Å². The molecule has 1 heterocycles. The Hall–Kier alpha value is -3.48. The highest BCUT2D eigenvalue weighted by Crippen LogP contribution is 2.56. The Kier molecular flexibility index (Phi) is 5.51. The normalized spacial score (nSPS) is 27.1. The van der Waals surface area contributed by atoms with Crippen LogP contribution < -0.4 is 4.90 Å². The van der Waals surface area contributed by atoms with E-state index in [0.29, 0.717) is 44.4 Å². The van der Waals surface area contributed by atoms with Crippen molar-refractivity contribution in [2.75, 3.05) is 4.90 Å². The summed E-state index contributed by atoms with van der Waals surface area (Å²) < 4.78 is 0. The van der Waals surface area contributed by atoms with Gasteiger partial charge in [0, 0.05) is 38.2 Å². The quantitative estimate of drug-likeness (QED) is 0.320. The van der Waals surface area contributed by atoms with Crippen LogP contribution >= 0.6 is 23.2 Å². The Morgan fingerprint density at radius 3 is 2.35 bits per heavy atom. The molecule has 0 bridgehead atoms. The van der Waals surface area contributed by atoms with Crippen molar-refractivity contribution < 1.29 is 24.3 Å². The number of fused-ring (bicyclic) bond motifs is 3. The van der Waals surface area contributed by atoms with Crippen LogP contribution in [-0.4, -0.2) is 28.5 Å². The number of carbonyl (C=O) groups is 4. The zero-order chi connectivity index (χ0) is 26.2. The smallest absolute Gasteiger partial charge is 0.238 e. The molecular formula is C29H21Cl2NO5. The summed E-state index contributed by atoms with van der Waals surface area (Å²) in [5.41, 5.74) is 2.57. The maximum Gasteiger partial charge on any atom is 0.238 e. The van der Waals surface area contributed by atoms with Crippen molar-refractivity contribution in [3.8, 4) is 5.75 Å². The van der Waals surface area contributed by atoms with Crippen molar-refractivity contribution in [1.29, 1.82) is 0 Å². The summed E-state index contributed by atoms with van der Waals surface area (Å²) in [6.07, 6.45) is 3.71.